The minimum absolute atomic E-state index is 0.248. The van der Waals surface area contributed by atoms with Crippen LogP contribution in [0.25, 0.3) is 11.3 Å². The summed E-state index contributed by atoms with van der Waals surface area (Å²) >= 11 is 0. The Kier molecular flexibility index (Phi) is 4.79. The number of aryl methyl sites for hydroxylation is 3. The third kappa shape index (κ3) is 3.49. The summed E-state index contributed by atoms with van der Waals surface area (Å²) < 4.78 is 0. The van der Waals surface area contributed by atoms with E-state index in [0.717, 1.165) is 35.6 Å². The second-order valence-electron chi connectivity index (χ2n) is 9.08. The van der Waals surface area contributed by atoms with Crippen LogP contribution in [-0.2, 0) is 18.3 Å². The highest BCUT2D eigenvalue weighted by atomic mass is 16.1. The summed E-state index contributed by atoms with van der Waals surface area (Å²) in [5.41, 5.74) is 12.1. The van der Waals surface area contributed by atoms with E-state index in [0.29, 0.717) is 11.6 Å². The molecule has 2 aromatic heterocycles. The first-order chi connectivity index (χ1) is 14.9. The predicted octanol–water partition coefficient (Wildman–Crippen LogP) is 2.99. The molecule has 1 spiro atoms. The maximum Gasteiger partial charge on any atom is 0.269 e. The van der Waals surface area contributed by atoms with Crippen molar-refractivity contribution >= 4 is 5.91 Å². The number of H-pyrrole nitrogens is 1. The molecule has 8 heteroatoms. The SMILES string of the molecule is Cc1nc(C)c(-c2ccc3c(c2)CC[C@]32CC[C@H](Cc3nn[nH]n3)CC2)nc1C(N)=O. The number of carbonyl (C=O) groups is 1. The normalized spacial score (nSPS) is 22.6. The van der Waals surface area contributed by atoms with Gasteiger partial charge in [-0.25, -0.2) is 4.98 Å². The van der Waals surface area contributed by atoms with E-state index in [1.165, 1.54) is 43.2 Å². The number of rotatable bonds is 4. The third-order valence-corrected chi connectivity index (χ3v) is 7.22. The van der Waals surface area contributed by atoms with E-state index in [1.54, 1.807) is 6.92 Å². The summed E-state index contributed by atoms with van der Waals surface area (Å²) in [6.45, 7) is 3.70. The molecule has 0 aliphatic heterocycles. The first-order valence-corrected chi connectivity index (χ1v) is 11.0. The van der Waals surface area contributed by atoms with Crippen molar-refractivity contribution in [1.82, 2.24) is 30.6 Å². The molecule has 8 nitrogen and oxygen atoms in total. The summed E-state index contributed by atoms with van der Waals surface area (Å²) in [6, 6.07) is 6.66. The average Bonchev–Trinajstić information content (AvgIpc) is 3.38. The Labute approximate surface area is 181 Å². The number of primary amides is 1. The number of aromatic amines is 1. The van der Waals surface area contributed by atoms with Crippen LogP contribution in [0.5, 0.6) is 0 Å². The molecule has 2 aliphatic carbocycles. The molecule has 1 fully saturated rings. The summed E-state index contributed by atoms with van der Waals surface area (Å²) in [5, 5.41) is 14.5. The molecule has 2 aliphatic rings. The van der Waals surface area contributed by atoms with Crippen LogP contribution in [0.2, 0.25) is 0 Å². The Hall–Kier alpha value is -3.16. The fraction of sp³-hybridized carbons (Fsp3) is 0.478. The predicted molar refractivity (Wildman–Crippen MR) is 115 cm³/mol. The Balaban J connectivity index is 1.39. The van der Waals surface area contributed by atoms with E-state index >= 15 is 0 Å². The van der Waals surface area contributed by atoms with Crippen molar-refractivity contribution in [2.45, 2.75) is 64.2 Å². The molecule has 1 saturated carbocycles. The molecular weight excluding hydrogens is 390 g/mol. The van der Waals surface area contributed by atoms with Gasteiger partial charge in [-0.15, -0.1) is 10.2 Å². The Bertz CT molecular complexity index is 1130. The molecule has 1 aromatic carbocycles. The van der Waals surface area contributed by atoms with Gasteiger partial charge in [0.2, 0.25) is 0 Å². The van der Waals surface area contributed by atoms with E-state index in [1.807, 2.05) is 6.92 Å². The van der Waals surface area contributed by atoms with Gasteiger partial charge in [-0.05, 0) is 80.9 Å². The quantitative estimate of drug-likeness (QED) is 0.673. The van der Waals surface area contributed by atoms with E-state index in [-0.39, 0.29) is 11.1 Å². The molecule has 0 saturated heterocycles. The monoisotopic (exact) mass is 417 g/mol. The van der Waals surface area contributed by atoms with Crippen LogP contribution in [0.4, 0.5) is 0 Å². The smallest absolute Gasteiger partial charge is 0.269 e. The highest BCUT2D eigenvalue weighted by molar-refractivity contribution is 5.92. The van der Waals surface area contributed by atoms with Crippen LogP contribution in [0.3, 0.4) is 0 Å². The molecule has 0 bridgehead atoms. The summed E-state index contributed by atoms with van der Waals surface area (Å²) in [7, 11) is 0. The zero-order chi connectivity index (χ0) is 21.6. The molecule has 0 atom stereocenters. The van der Waals surface area contributed by atoms with E-state index in [2.05, 4.69) is 48.8 Å². The molecule has 3 N–H and O–H groups in total. The number of nitrogens with zero attached hydrogens (tertiary/aromatic N) is 5. The first-order valence-electron chi connectivity index (χ1n) is 11.0. The number of benzene rings is 1. The highest BCUT2D eigenvalue weighted by Crippen LogP contribution is 2.50. The Morgan fingerprint density at radius 1 is 1.16 bits per heavy atom. The van der Waals surface area contributed by atoms with Gasteiger partial charge >= 0.3 is 0 Å². The zero-order valence-corrected chi connectivity index (χ0v) is 18.0. The Morgan fingerprint density at radius 3 is 2.68 bits per heavy atom. The lowest BCUT2D eigenvalue weighted by Crippen LogP contribution is -2.30. The topological polar surface area (TPSA) is 123 Å². The standard InChI is InChI=1S/C23H27N7O/c1-13-20(26-21(22(24)31)14(2)25-13)17-3-4-18-16(12-17)7-10-23(18)8-5-15(6-9-23)11-19-27-29-30-28-19/h3-4,12,15H,5-11H2,1-2H3,(H2,24,31)(H,27,28,29,30)/t15-,23+. The molecule has 3 aromatic rings. The number of nitrogens with one attached hydrogen (secondary N) is 1. The second kappa shape index (κ2) is 7.51. The number of aromatic nitrogens is 6. The van der Waals surface area contributed by atoms with Crippen LogP contribution < -0.4 is 5.73 Å². The lowest BCUT2D eigenvalue weighted by molar-refractivity contribution is 0.0994. The van der Waals surface area contributed by atoms with Gasteiger partial charge in [0.25, 0.3) is 5.91 Å². The van der Waals surface area contributed by atoms with Crippen LogP contribution >= 0.6 is 0 Å². The Morgan fingerprint density at radius 2 is 1.97 bits per heavy atom. The molecule has 160 valence electrons. The van der Waals surface area contributed by atoms with Crippen molar-refractivity contribution in [2.75, 3.05) is 0 Å². The van der Waals surface area contributed by atoms with Gasteiger partial charge in [-0.1, -0.05) is 17.3 Å². The molecule has 0 radical (unpaired) electrons. The van der Waals surface area contributed by atoms with Crippen LogP contribution in [0.1, 0.15) is 70.9 Å². The van der Waals surface area contributed by atoms with Crippen molar-refractivity contribution in [1.29, 1.82) is 0 Å². The van der Waals surface area contributed by atoms with Crippen molar-refractivity contribution in [3.8, 4) is 11.3 Å². The maximum absolute atomic E-state index is 11.7. The van der Waals surface area contributed by atoms with E-state index in [9.17, 15) is 4.79 Å². The fourth-order valence-corrected chi connectivity index (χ4v) is 5.59. The molecular formula is C23H27N7O. The van der Waals surface area contributed by atoms with Gasteiger partial charge in [0.15, 0.2) is 5.82 Å². The highest BCUT2D eigenvalue weighted by Gasteiger charge is 2.41. The number of amides is 1. The van der Waals surface area contributed by atoms with Crippen molar-refractivity contribution in [2.24, 2.45) is 11.7 Å². The summed E-state index contributed by atoms with van der Waals surface area (Å²) in [5.74, 6) is 0.913. The van der Waals surface area contributed by atoms with Crippen LogP contribution in [0, 0.1) is 19.8 Å². The maximum atomic E-state index is 11.7. The minimum atomic E-state index is -0.538. The third-order valence-electron chi connectivity index (χ3n) is 7.22. The van der Waals surface area contributed by atoms with Crippen LogP contribution in [-0.4, -0.2) is 36.5 Å². The van der Waals surface area contributed by atoms with Gasteiger partial charge in [-0.2, -0.15) is 5.21 Å². The molecule has 0 unspecified atom stereocenters. The first kappa shape index (κ1) is 19.8. The van der Waals surface area contributed by atoms with Gasteiger partial charge in [0.1, 0.15) is 5.69 Å². The van der Waals surface area contributed by atoms with E-state index in [4.69, 9.17) is 5.73 Å². The summed E-state index contributed by atoms with van der Waals surface area (Å²) in [6.07, 6.45) is 7.99. The number of fused-ring (bicyclic) bond motifs is 2. The largest absolute Gasteiger partial charge is 0.364 e. The average molecular weight is 418 g/mol. The van der Waals surface area contributed by atoms with E-state index < -0.39 is 5.91 Å². The lowest BCUT2D eigenvalue weighted by atomic mass is 9.66. The number of nitrogens with two attached hydrogens (primary N) is 1. The minimum Gasteiger partial charge on any atom is -0.364 e. The van der Waals surface area contributed by atoms with Crippen LogP contribution in [0.15, 0.2) is 18.2 Å². The molecule has 5 rings (SSSR count). The zero-order valence-electron chi connectivity index (χ0n) is 18.0. The van der Waals surface area contributed by atoms with Crippen molar-refractivity contribution < 1.29 is 4.79 Å². The molecule has 31 heavy (non-hydrogen) atoms. The second-order valence-corrected chi connectivity index (χ2v) is 9.08. The van der Waals surface area contributed by atoms with Gasteiger partial charge in [0, 0.05) is 12.0 Å². The molecule has 1 amide bonds. The van der Waals surface area contributed by atoms with Crippen molar-refractivity contribution in [3.05, 3.63) is 52.2 Å². The molecule has 2 heterocycles. The van der Waals surface area contributed by atoms with Gasteiger partial charge in [0.05, 0.1) is 17.1 Å². The lowest BCUT2D eigenvalue weighted by Gasteiger charge is -2.38. The number of tetrazole rings is 1. The van der Waals surface area contributed by atoms with Gasteiger partial charge < -0.3 is 5.73 Å². The number of hydrogen-bond donors (Lipinski definition) is 2. The number of hydrogen-bond acceptors (Lipinski definition) is 6. The summed E-state index contributed by atoms with van der Waals surface area (Å²) in [4.78, 5) is 20.8. The van der Waals surface area contributed by atoms with Crippen molar-refractivity contribution in [3.63, 3.8) is 0 Å². The van der Waals surface area contributed by atoms with Gasteiger partial charge in [-0.3, -0.25) is 9.78 Å². The fourth-order valence-electron chi connectivity index (χ4n) is 5.59. The number of carbonyl (C=O) groups excluding carboxylic acids is 1.